The first-order valence-corrected chi connectivity index (χ1v) is 8.21. The Morgan fingerprint density at radius 3 is 2.81 bits per heavy atom. The fraction of sp³-hybridized carbons (Fsp3) is 0.278. The van der Waals surface area contributed by atoms with Crippen LogP contribution in [0.5, 0.6) is 0 Å². The highest BCUT2D eigenvalue weighted by molar-refractivity contribution is 6.08. The van der Waals surface area contributed by atoms with Gasteiger partial charge in [-0.2, -0.15) is 0 Å². The van der Waals surface area contributed by atoms with Crippen molar-refractivity contribution in [2.75, 3.05) is 10.6 Å². The van der Waals surface area contributed by atoms with E-state index >= 15 is 0 Å². The zero-order chi connectivity index (χ0) is 18.8. The highest BCUT2D eigenvalue weighted by Crippen LogP contribution is 2.42. The zero-order valence-corrected chi connectivity index (χ0v) is 14.4. The summed E-state index contributed by atoms with van der Waals surface area (Å²) in [7, 11) is 0. The van der Waals surface area contributed by atoms with Crippen molar-refractivity contribution in [3.8, 4) is 0 Å². The molecule has 0 aliphatic carbocycles. The Labute approximate surface area is 149 Å². The molecule has 1 aromatic carbocycles. The van der Waals surface area contributed by atoms with E-state index in [4.69, 9.17) is 0 Å². The molecule has 1 aliphatic rings. The smallest absolute Gasteiger partial charge is 0.293 e. The molecule has 8 nitrogen and oxygen atoms in total. The number of carbonyl (C=O) groups is 2. The van der Waals surface area contributed by atoms with Crippen LogP contribution in [-0.2, 0) is 4.79 Å². The Morgan fingerprint density at radius 2 is 2.19 bits per heavy atom. The highest BCUT2D eigenvalue weighted by atomic mass is 16.6. The van der Waals surface area contributed by atoms with Crippen molar-refractivity contribution in [1.29, 1.82) is 0 Å². The number of rotatable bonds is 5. The summed E-state index contributed by atoms with van der Waals surface area (Å²) < 4.78 is 0. The number of hydrogen-bond acceptors (Lipinski definition) is 5. The molecular formula is C18H18N4O4. The second-order valence-corrected chi connectivity index (χ2v) is 6.58. The number of nitrogens with one attached hydrogen (secondary N) is 2. The summed E-state index contributed by atoms with van der Waals surface area (Å²) in [4.78, 5) is 39.3. The number of hydrogen-bond donors (Lipinski definition) is 2. The molecule has 1 atom stereocenters. The molecule has 0 bridgehead atoms. The SMILES string of the molecule is CC(C)CC1C(=O)Nc2cc(NC(=O)c3cccnc3)c([N+](=O)[O-])cc21. The Hall–Kier alpha value is -3.29. The van der Waals surface area contributed by atoms with Gasteiger partial charge in [0.1, 0.15) is 5.69 Å². The van der Waals surface area contributed by atoms with Crippen molar-refractivity contribution in [3.05, 3.63) is 57.9 Å². The first kappa shape index (κ1) is 17.5. The van der Waals surface area contributed by atoms with Crippen molar-refractivity contribution in [2.24, 2.45) is 5.92 Å². The molecule has 26 heavy (non-hydrogen) atoms. The number of aromatic nitrogens is 1. The van der Waals surface area contributed by atoms with Gasteiger partial charge in [0.2, 0.25) is 5.91 Å². The molecule has 8 heteroatoms. The molecule has 2 heterocycles. The summed E-state index contributed by atoms with van der Waals surface area (Å²) in [5, 5.41) is 16.8. The number of benzene rings is 1. The molecule has 1 unspecified atom stereocenters. The minimum Gasteiger partial charge on any atom is -0.325 e. The maximum atomic E-state index is 12.3. The number of nitro benzene ring substituents is 1. The van der Waals surface area contributed by atoms with E-state index in [1.54, 1.807) is 12.1 Å². The number of carbonyl (C=O) groups excluding carboxylic acids is 2. The summed E-state index contributed by atoms with van der Waals surface area (Å²) in [6.07, 6.45) is 3.49. The van der Waals surface area contributed by atoms with E-state index in [1.807, 2.05) is 13.8 Å². The van der Waals surface area contributed by atoms with Gasteiger partial charge in [0.05, 0.1) is 16.4 Å². The van der Waals surface area contributed by atoms with Crippen molar-refractivity contribution < 1.29 is 14.5 Å². The maximum absolute atomic E-state index is 12.3. The predicted octanol–water partition coefficient (Wildman–Crippen LogP) is 3.32. The van der Waals surface area contributed by atoms with Gasteiger partial charge in [-0.05, 0) is 36.1 Å². The maximum Gasteiger partial charge on any atom is 0.293 e. The Bertz CT molecular complexity index is 880. The van der Waals surface area contributed by atoms with Crippen LogP contribution < -0.4 is 10.6 Å². The molecule has 1 aliphatic heterocycles. The van der Waals surface area contributed by atoms with Crippen LogP contribution in [0.2, 0.25) is 0 Å². The summed E-state index contributed by atoms with van der Waals surface area (Å²) >= 11 is 0. The fourth-order valence-electron chi connectivity index (χ4n) is 3.01. The van der Waals surface area contributed by atoms with Gasteiger partial charge in [-0.3, -0.25) is 24.7 Å². The van der Waals surface area contributed by atoms with Gasteiger partial charge in [-0.1, -0.05) is 13.8 Å². The van der Waals surface area contributed by atoms with Gasteiger partial charge in [0, 0.05) is 24.1 Å². The standard InChI is InChI=1S/C18H18N4O4/c1-10(2)6-13-12-7-16(22(25)26)15(8-14(12)20-18(13)24)21-17(23)11-4-3-5-19-9-11/h3-5,7-10,13H,6H2,1-2H3,(H,20,24)(H,21,23). The molecule has 0 radical (unpaired) electrons. The van der Waals surface area contributed by atoms with Crippen LogP contribution in [0.1, 0.15) is 42.1 Å². The van der Waals surface area contributed by atoms with E-state index in [0.717, 1.165) is 0 Å². The minimum absolute atomic E-state index is 0.0353. The van der Waals surface area contributed by atoms with E-state index in [0.29, 0.717) is 17.7 Å². The quantitative estimate of drug-likeness (QED) is 0.631. The molecule has 0 saturated carbocycles. The van der Waals surface area contributed by atoms with Crippen LogP contribution in [0.4, 0.5) is 17.1 Å². The lowest BCUT2D eigenvalue weighted by atomic mass is 9.91. The monoisotopic (exact) mass is 354 g/mol. The van der Waals surface area contributed by atoms with Crippen LogP contribution >= 0.6 is 0 Å². The van der Waals surface area contributed by atoms with E-state index in [9.17, 15) is 19.7 Å². The van der Waals surface area contributed by atoms with Gasteiger partial charge in [-0.25, -0.2) is 0 Å². The Kier molecular flexibility index (Phi) is 4.66. The lowest BCUT2D eigenvalue weighted by Gasteiger charge is -2.12. The first-order valence-electron chi connectivity index (χ1n) is 8.21. The third-order valence-corrected chi connectivity index (χ3v) is 4.19. The van der Waals surface area contributed by atoms with Crippen molar-refractivity contribution in [1.82, 2.24) is 4.98 Å². The van der Waals surface area contributed by atoms with Crippen molar-refractivity contribution >= 4 is 28.9 Å². The molecular weight excluding hydrogens is 336 g/mol. The largest absolute Gasteiger partial charge is 0.325 e. The van der Waals surface area contributed by atoms with Gasteiger partial charge < -0.3 is 10.6 Å². The van der Waals surface area contributed by atoms with E-state index in [1.165, 1.54) is 24.5 Å². The van der Waals surface area contributed by atoms with Crippen molar-refractivity contribution in [2.45, 2.75) is 26.2 Å². The third kappa shape index (κ3) is 3.39. The van der Waals surface area contributed by atoms with Gasteiger partial charge in [0.25, 0.3) is 11.6 Å². The van der Waals surface area contributed by atoms with Gasteiger partial charge in [-0.15, -0.1) is 0 Å². The molecule has 2 N–H and O–H groups in total. The summed E-state index contributed by atoms with van der Waals surface area (Å²) in [6, 6.07) is 5.98. The highest BCUT2D eigenvalue weighted by Gasteiger charge is 2.34. The molecule has 0 saturated heterocycles. The van der Waals surface area contributed by atoms with Crippen LogP contribution in [0.25, 0.3) is 0 Å². The van der Waals surface area contributed by atoms with Gasteiger partial charge >= 0.3 is 0 Å². The lowest BCUT2D eigenvalue weighted by molar-refractivity contribution is -0.384. The number of nitrogens with zero attached hydrogens (tertiary/aromatic N) is 2. The van der Waals surface area contributed by atoms with E-state index in [2.05, 4.69) is 15.6 Å². The molecule has 134 valence electrons. The second kappa shape index (κ2) is 6.91. The average molecular weight is 354 g/mol. The normalized spacial score (nSPS) is 15.5. The molecule has 2 aromatic rings. The summed E-state index contributed by atoms with van der Waals surface area (Å²) in [6.45, 7) is 3.98. The van der Waals surface area contributed by atoms with E-state index < -0.39 is 16.7 Å². The molecule has 3 rings (SSSR count). The van der Waals surface area contributed by atoms with Crippen molar-refractivity contribution in [3.63, 3.8) is 0 Å². The van der Waals surface area contributed by atoms with Crippen LogP contribution in [0, 0.1) is 16.0 Å². The Balaban J connectivity index is 1.97. The topological polar surface area (TPSA) is 114 Å². The minimum atomic E-state index is -0.561. The Morgan fingerprint density at radius 1 is 1.42 bits per heavy atom. The van der Waals surface area contributed by atoms with Gasteiger partial charge in [0.15, 0.2) is 0 Å². The third-order valence-electron chi connectivity index (χ3n) is 4.19. The van der Waals surface area contributed by atoms with Crippen LogP contribution in [-0.4, -0.2) is 21.7 Å². The lowest BCUT2D eigenvalue weighted by Crippen LogP contribution is -2.13. The van der Waals surface area contributed by atoms with Crippen LogP contribution in [0.15, 0.2) is 36.7 Å². The number of pyridine rings is 1. The second-order valence-electron chi connectivity index (χ2n) is 6.58. The summed E-state index contributed by atoms with van der Waals surface area (Å²) in [5.41, 5.74) is 1.16. The first-order chi connectivity index (χ1) is 12.4. The number of nitro groups is 1. The molecule has 0 spiro atoms. The zero-order valence-electron chi connectivity index (χ0n) is 14.4. The predicted molar refractivity (Wildman–Crippen MR) is 96.1 cm³/mol. The fourth-order valence-corrected chi connectivity index (χ4v) is 3.01. The molecule has 1 aromatic heterocycles. The number of amides is 2. The van der Waals surface area contributed by atoms with E-state index in [-0.39, 0.29) is 28.8 Å². The number of fused-ring (bicyclic) bond motifs is 1. The average Bonchev–Trinajstić information content (AvgIpc) is 2.89. The molecule has 0 fully saturated rings. The molecule has 2 amide bonds. The van der Waals surface area contributed by atoms with Crippen LogP contribution in [0.3, 0.4) is 0 Å². The summed E-state index contributed by atoms with van der Waals surface area (Å²) in [5.74, 6) is -0.851. The number of anilines is 2.